The highest BCUT2D eigenvalue weighted by Crippen LogP contribution is 2.28. The maximum absolute atomic E-state index is 11.5. The standard InChI is InChI=1S/C11H16O3/c1-7-4-8(2)10(12)6-9(5-7)11(13)14-3/h8-9H,1,4-6H2,2-3H3. The lowest BCUT2D eigenvalue weighted by molar-refractivity contribution is -0.147. The molecule has 1 aliphatic rings. The van der Waals surface area contributed by atoms with E-state index in [2.05, 4.69) is 11.3 Å². The van der Waals surface area contributed by atoms with Crippen LogP contribution in [0.2, 0.25) is 0 Å². The molecule has 0 bridgehead atoms. The summed E-state index contributed by atoms with van der Waals surface area (Å²) in [7, 11) is 1.35. The molecule has 3 nitrogen and oxygen atoms in total. The highest BCUT2D eigenvalue weighted by Gasteiger charge is 2.29. The van der Waals surface area contributed by atoms with Gasteiger partial charge in [0.15, 0.2) is 0 Å². The van der Waals surface area contributed by atoms with Gasteiger partial charge in [0.25, 0.3) is 0 Å². The van der Waals surface area contributed by atoms with Crippen LogP contribution in [0.1, 0.15) is 26.2 Å². The molecule has 1 saturated carbocycles. The van der Waals surface area contributed by atoms with Crippen molar-refractivity contribution in [2.24, 2.45) is 11.8 Å². The molecule has 1 fully saturated rings. The Bertz CT molecular complexity index is 268. The Morgan fingerprint density at radius 3 is 2.64 bits per heavy atom. The van der Waals surface area contributed by atoms with E-state index in [1.54, 1.807) is 0 Å². The molecular weight excluding hydrogens is 180 g/mol. The number of esters is 1. The highest BCUT2D eigenvalue weighted by atomic mass is 16.5. The van der Waals surface area contributed by atoms with Gasteiger partial charge < -0.3 is 4.74 Å². The second-order valence-electron chi connectivity index (χ2n) is 3.95. The number of allylic oxidation sites excluding steroid dienone is 1. The van der Waals surface area contributed by atoms with Gasteiger partial charge >= 0.3 is 5.97 Å². The molecule has 0 aliphatic heterocycles. The molecule has 3 heteroatoms. The molecule has 0 heterocycles. The van der Waals surface area contributed by atoms with Crippen LogP contribution < -0.4 is 0 Å². The average Bonchev–Trinajstić information content (AvgIpc) is 2.25. The van der Waals surface area contributed by atoms with Crippen LogP contribution in [0.5, 0.6) is 0 Å². The maximum Gasteiger partial charge on any atom is 0.309 e. The molecule has 0 N–H and O–H groups in total. The second-order valence-corrected chi connectivity index (χ2v) is 3.95. The van der Waals surface area contributed by atoms with E-state index in [0.29, 0.717) is 19.3 Å². The van der Waals surface area contributed by atoms with Crippen molar-refractivity contribution in [2.45, 2.75) is 26.2 Å². The normalized spacial score (nSPS) is 28.4. The number of ether oxygens (including phenoxy) is 1. The molecule has 0 aromatic carbocycles. The minimum Gasteiger partial charge on any atom is -0.469 e. The quantitative estimate of drug-likeness (QED) is 0.364. The summed E-state index contributed by atoms with van der Waals surface area (Å²) in [6, 6.07) is 0. The fourth-order valence-electron chi connectivity index (χ4n) is 1.83. The number of hydrogen-bond acceptors (Lipinski definition) is 3. The molecule has 14 heavy (non-hydrogen) atoms. The van der Waals surface area contributed by atoms with Crippen LogP contribution in [-0.4, -0.2) is 18.9 Å². The molecule has 1 rings (SSSR count). The summed E-state index contributed by atoms with van der Waals surface area (Å²) in [5.74, 6) is -0.477. The third kappa shape index (κ3) is 2.44. The van der Waals surface area contributed by atoms with Crippen LogP contribution in [0.15, 0.2) is 12.2 Å². The fourth-order valence-corrected chi connectivity index (χ4v) is 1.83. The zero-order valence-electron chi connectivity index (χ0n) is 8.71. The Kier molecular flexibility index (Phi) is 3.44. The van der Waals surface area contributed by atoms with Gasteiger partial charge in [0.05, 0.1) is 13.0 Å². The number of carbonyl (C=O) groups is 2. The van der Waals surface area contributed by atoms with Crippen molar-refractivity contribution >= 4 is 11.8 Å². The predicted octanol–water partition coefficient (Wildman–Crippen LogP) is 1.72. The van der Waals surface area contributed by atoms with E-state index in [0.717, 1.165) is 5.57 Å². The summed E-state index contributed by atoms with van der Waals surface area (Å²) in [4.78, 5) is 22.8. The van der Waals surface area contributed by atoms with Gasteiger partial charge in [0.1, 0.15) is 5.78 Å². The van der Waals surface area contributed by atoms with Gasteiger partial charge in [0, 0.05) is 12.3 Å². The number of rotatable bonds is 1. The molecule has 78 valence electrons. The van der Waals surface area contributed by atoms with E-state index in [9.17, 15) is 9.59 Å². The van der Waals surface area contributed by atoms with E-state index in [1.807, 2.05) is 6.92 Å². The van der Waals surface area contributed by atoms with Crippen molar-refractivity contribution in [3.63, 3.8) is 0 Å². The van der Waals surface area contributed by atoms with Gasteiger partial charge in [0.2, 0.25) is 0 Å². The van der Waals surface area contributed by atoms with Crippen LogP contribution >= 0.6 is 0 Å². The lowest BCUT2D eigenvalue weighted by Gasteiger charge is -2.10. The minimum atomic E-state index is -0.315. The summed E-state index contributed by atoms with van der Waals surface area (Å²) in [5, 5.41) is 0. The van der Waals surface area contributed by atoms with Gasteiger partial charge in [-0.1, -0.05) is 19.1 Å². The third-order valence-electron chi connectivity index (χ3n) is 2.66. The Morgan fingerprint density at radius 2 is 2.07 bits per heavy atom. The van der Waals surface area contributed by atoms with E-state index in [1.165, 1.54) is 7.11 Å². The largest absolute Gasteiger partial charge is 0.469 e. The Hall–Kier alpha value is -1.12. The lowest BCUT2D eigenvalue weighted by Crippen LogP contribution is -2.19. The van der Waals surface area contributed by atoms with Crippen molar-refractivity contribution in [2.75, 3.05) is 7.11 Å². The molecule has 0 radical (unpaired) electrons. The van der Waals surface area contributed by atoms with Crippen LogP contribution in [0.25, 0.3) is 0 Å². The van der Waals surface area contributed by atoms with Crippen LogP contribution in [0.4, 0.5) is 0 Å². The van der Waals surface area contributed by atoms with Gasteiger partial charge in [-0.3, -0.25) is 9.59 Å². The van der Waals surface area contributed by atoms with Gasteiger partial charge in [-0.25, -0.2) is 0 Å². The lowest BCUT2D eigenvalue weighted by atomic mass is 9.98. The first-order valence-corrected chi connectivity index (χ1v) is 4.81. The van der Waals surface area contributed by atoms with Crippen LogP contribution in [-0.2, 0) is 14.3 Å². The van der Waals surface area contributed by atoms with Gasteiger partial charge in [-0.2, -0.15) is 0 Å². The molecule has 0 saturated heterocycles. The molecular formula is C11H16O3. The highest BCUT2D eigenvalue weighted by molar-refractivity contribution is 5.86. The predicted molar refractivity (Wildman–Crippen MR) is 52.7 cm³/mol. The minimum absolute atomic E-state index is 0.00263. The number of ketones is 1. The van der Waals surface area contributed by atoms with Crippen LogP contribution in [0, 0.1) is 11.8 Å². The smallest absolute Gasteiger partial charge is 0.309 e. The van der Waals surface area contributed by atoms with Gasteiger partial charge in [-0.05, 0) is 12.8 Å². The average molecular weight is 196 g/mol. The zero-order chi connectivity index (χ0) is 10.7. The van der Waals surface area contributed by atoms with E-state index < -0.39 is 0 Å². The molecule has 0 aromatic heterocycles. The summed E-state index contributed by atoms with van der Waals surface area (Å²) < 4.78 is 4.64. The van der Waals surface area contributed by atoms with E-state index in [-0.39, 0.29) is 23.6 Å². The molecule has 0 amide bonds. The van der Waals surface area contributed by atoms with Crippen LogP contribution in [0.3, 0.4) is 0 Å². The Labute approximate surface area is 84.1 Å². The fraction of sp³-hybridized carbons (Fsp3) is 0.636. The van der Waals surface area contributed by atoms with Crippen molar-refractivity contribution in [1.29, 1.82) is 0 Å². The van der Waals surface area contributed by atoms with Crippen molar-refractivity contribution in [1.82, 2.24) is 0 Å². The summed E-state index contributed by atoms with van der Waals surface area (Å²) in [5.41, 5.74) is 0.971. The molecule has 1 aliphatic carbocycles. The van der Waals surface area contributed by atoms with Crippen molar-refractivity contribution in [3.8, 4) is 0 Å². The van der Waals surface area contributed by atoms with E-state index >= 15 is 0 Å². The first kappa shape index (κ1) is 11.0. The number of carbonyl (C=O) groups excluding carboxylic acids is 2. The molecule has 0 aromatic rings. The SMILES string of the molecule is C=C1CC(C)C(=O)CC(C(=O)OC)C1. The first-order chi connectivity index (χ1) is 6.54. The second kappa shape index (κ2) is 4.40. The van der Waals surface area contributed by atoms with E-state index in [4.69, 9.17) is 0 Å². The first-order valence-electron chi connectivity index (χ1n) is 4.81. The summed E-state index contributed by atoms with van der Waals surface area (Å²) in [6.07, 6.45) is 1.59. The molecule has 2 unspecified atom stereocenters. The van der Waals surface area contributed by atoms with Gasteiger partial charge in [-0.15, -0.1) is 0 Å². The van der Waals surface area contributed by atoms with Crippen molar-refractivity contribution < 1.29 is 14.3 Å². The maximum atomic E-state index is 11.5. The number of hydrogen-bond donors (Lipinski definition) is 0. The molecule has 0 spiro atoms. The zero-order valence-corrected chi connectivity index (χ0v) is 8.71. The summed E-state index contributed by atoms with van der Waals surface area (Å²) in [6.45, 7) is 5.75. The Morgan fingerprint density at radius 1 is 1.43 bits per heavy atom. The molecule has 2 atom stereocenters. The number of Topliss-reactive ketones (excluding diaryl/α,β-unsaturated/α-hetero) is 1. The topological polar surface area (TPSA) is 43.4 Å². The Balaban J connectivity index is 2.75. The third-order valence-corrected chi connectivity index (χ3v) is 2.66. The number of methoxy groups -OCH3 is 1. The van der Waals surface area contributed by atoms with Crippen molar-refractivity contribution in [3.05, 3.63) is 12.2 Å². The summed E-state index contributed by atoms with van der Waals surface area (Å²) >= 11 is 0. The monoisotopic (exact) mass is 196 g/mol.